The van der Waals surface area contributed by atoms with E-state index in [1.54, 1.807) is 12.5 Å². The van der Waals surface area contributed by atoms with Crippen LogP contribution in [0.15, 0.2) is 55.0 Å². The molecule has 4 rings (SSSR count). The molecule has 1 aliphatic carbocycles. The first-order chi connectivity index (χ1) is 10.3. The second-order valence-corrected chi connectivity index (χ2v) is 5.09. The number of aromatic amines is 1. The molecule has 2 aromatic carbocycles. The number of amides is 1. The van der Waals surface area contributed by atoms with E-state index < -0.39 is 0 Å². The lowest BCUT2D eigenvalue weighted by molar-refractivity contribution is 0.102. The third-order valence-electron chi connectivity index (χ3n) is 3.81. The maximum atomic E-state index is 12.5. The summed E-state index contributed by atoms with van der Waals surface area (Å²) in [6.45, 7) is 0. The number of imidazole rings is 1. The van der Waals surface area contributed by atoms with Gasteiger partial charge in [0.1, 0.15) is 5.82 Å². The lowest BCUT2D eigenvalue weighted by atomic mass is 9.99. The Balaban J connectivity index is 1.79. The average molecular weight is 275 g/mol. The van der Waals surface area contributed by atoms with Crippen LogP contribution in [0.1, 0.15) is 21.5 Å². The molecule has 0 unspecified atom stereocenters. The van der Waals surface area contributed by atoms with E-state index in [2.05, 4.69) is 33.5 Å². The molecule has 102 valence electrons. The summed E-state index contributed by atoms with van der Waals surface area (Å²) in [6.07, 6.45) is 4.02. The number of nitrogens with zero attached hydrogens (tertiary/aromatic N) is 1. The molecule has 0 atom stereocenters. The number of hydrogen-bond donors (Lipinski definition) is 2. The van der Waals surface area contributed by atoms with Crippen molar-refractivity contribution in [3.05, 3.63) is 71.7 Å². The van der Waals surface area contributed by atoms with Crippen molar-refractivity contribution in [2.45, 2.75) is 6.42 Å². The van der Waals surface area contributed by atoms with Crippen molar-refractivity contribution in [3.8, 4) is 11.1 Å². The summed E-state index contributed by atoms with van der Waals surface area (Å²) in [7, 11) is 0. The van der Waals surface area contributed by atoms with Crippen LogP contribution in [0.4, 0.5) is 5.82 Å². The van der Waals surface area contributed by atoms with Gasteiger partial charge in [-0.1, -0.05) is 36.4 Å². The van der Waals surface area contributed by atoms with Gasteiger partial charge in [0.25, 0.3) is 5.91 Å². The number of anilines is 1. The van der Waals surface area contributed by atoms with Gasteiger partial charge in [0.05, 0.1) is 12.5 Å². The molecule has 0 spiro atoms. The zero-order valence-corrected chi connectivity index (χ0v) is 11.3. The molecule has 4 heteroatoms. The number of carbonyl (C=O) groups excluding carboxylic acids is 1. The Morgan fingerprint density at radius 2 is 1.95 bits per heavy atom. The van der Waals surface area contributed by atoms with Crippen LogP contribution in [0.5, 0.6) is 0 Å². The highest BCUT2D eigenvalue weighted by Gasteiger charge is 2.23. The van der Waals surface area contributed by atoms with Crippen LogP contribution >= 0.6 is 0 Å². The van der Waals surface area contributed by atoms with Gasteiger partial charge in [0, 0.05) is 5.56 Å². The van der Waals surface area contributed by atoms with Crippen molar-refractivity contribution in [2.75, 3.05) is 5.32 Å². The fourth-order valence-corrected chi connectivity index (χ4v) is 2.89. The van der Waals surface area contributed by atoms with Crippen molar-refractivity contribution in [1.82, 2.24) is 9.97 Å². The minimum absolute atomic E-state index is 0.118. The van der Waals surface area contributed by atoms with E-state index in [9.17, 15) is 4.79 Å². The van der Waals surface area contributed by atoms with E-state index in [1.165, 1.54) is 11.1 Å². The largest absolute Gasteiger partial charge is 0.331 e. The first-order valence-electron chi connectivity index (χ1n) is 6.83. The molecule has 1 aliphatic rings. The Bertz CT molecular complexity index is 822. The van der Waals surface area contributed by atoms with Crippen molar-refractivity contribution in [3.63, 3.8) is 0 Å². The SMILES string of the molecule is O=C(Nc1cnc[nH]1)c1cccc2c1-c1ccccc1C2. The van der Waals surface area contributed by atoms with Crippen molar-refractivity contribution in [2.24, 2.45) is 0 Å². The topological polar surface area (TPSA) is 57.8 Å². The molecular formula is C17H13N3O. The van der Waals surface area contributed by atoms with Gasteiger partial charge in [0.2, 0.25) is 0 Å². The summed E-state index contributed by atoms with van der Waals surface area (Å²) in [5, 5.41) is 2.84. The molecular weight excluding hydrogens is 262 g/mol. The minimum atomic E-state index is -0.118. The van der Waals surface area contributed by atoms with Crippen LogP contribution in [0.3, 0.4) is 0 Å². The zero-order chi connectivity index (χ0) is 14.2. The Hall–Kier alpha value is -2.88. The summed E-state index contributed by atoms with van der Waals surface area (Å²) in [4.78, 5) is 19.3. The Morgan fingerprint density at radius 3 is 2.81 bits per heavy atom. The molecule has 0 aliphatic heterocycles. The van der Waals surface area contributed by atoms with E-state index >= 15 is 0 Å². The van der Waals surface area contributed by atoms with Crippen LogP contribution in [0.2, 0.25) is 0 Å². The number of benzene rings is 2. The highest BCUT2D eigenvalue weighted by molar-refractivity contribution is 6.09. The van der Waals surface area contributed by atoms with Gasteiger partial charge in [0.15, 0.2) is 0 Å². The van der Waals surface area contributed by atoms with Crippen molar-refractivity contribution in [1.29, 1.82) is 0 Å². The van der Waals surface area contributed by atoms with Crippen molar-refractivity contribution < 1.29 is 4.79 Å². The van der Waals surface area contributed by atoms with E-state index in [4.69, 9.17) is 0 Å². The Kier molecular flexibility index (Phi) is 2.60. The normalized spacial score (nSPS) is 11.8. The summed E-state index contributed by atoms with van der Waals surface area (Å²) in [5.74, 6) is 0.483. The molecule has 0 bridgehead atoms. The molecule has 0 saturated heterocycles. The van der Waals surface area contributed by atoms with Crippen LogP contribution < -0.4 is 5.32 Å². The maximum absolute atomic E-state index is 12.5. The second-order valence-electron chi connectivity index (χ2n) is 5.09. The number of nitrogens with one attached hydrogen (secondary N) is 2. The maximum Gasteiger partial charge on any atom is 0.257 e. The molecule has 21 heavy (non-hydrogen) atoms. The summed E-state index contributed by atoms with van der Waals surface area (Å²) >= 11 is 0. The third kappa shape index (κ3) is 1.92. The van der Waals surface area contributed by atoms with Crippen LogP contribution in [0.25, 0.3) is 11.1 Å². The molecule has 1 heterocycles. The van der Waals surface area contributed by atoms with Gasteiger partial charge in [-0.2, -0.15) is 0 Å². The number of aromatic nitrogens is 2. The third-order valence-corrected chi connectivity index (χ3v) is 3.81. The van der Waals surface area contributed by atoms with Gasteiger partial charge in [-0.25, -0.2) is 4.98 Å². The zero-order valence-electron chi connectivity index (χ0n) is 11.3. The summed E-state index contributed by atoms with van der Waals surface area (Å²) in [5.41, 5.74) is 5.38. The van der Waals surface area contributed by atoms with Gasteiger partial charge in [-0.05, 0) is 34.7 Å². The first-order valence-corrected chi connectivity index (χ1v) is 6.83. The molecule has 0 saturated carbocycles. The van der Waals surface area contributed by atoms with Crippen LogP contribution in [0, 0.1) is 0 Å². The summed E-state index contributed by atoms with van der Waals surface area (Å²) < 4.78 is 0. The number of H-pyrrole nitrogens is 1. The molecule has 4 nitrogen and oxygen atoms in total. The molecule has 1 amide bonds. The number of rotatable bonds is 2. The quantitative estimate of drug-likeness (QED) is 0.590. The highest BCUT2D eigenvalue weighted by Crippen LogP contribution is 2.38. The minimum Gasteiger partial charge on any atom is -0.331 e. The van der Waals surface area contributed by atoms with E-state index in [0.29, 0.717) is 11.4 Å². The number of fused-ring (bicyclic) bond motifs is 3. The standard InChI is InChI=1S/C17H13N3O/c21-17(20-15-9-18-10-19-15)14-7-3-5-12-8-11-4-1-2-6-13(11)16(12)14/h1-7,9-10H,8H2,(H,18,19)(H,20,21). The number of carbonyl (C=O) groups is 1. The fourth-order valence-electron chi connectivity index (χ4n) is 2.89. The monoisotopic (exact) mass is 275 g/mol. The summed E-state index contributed by atoms with van der Waals surface area (Å²) in [6, 6.07) is 14.1. The van der Waals surface area contributed by atoms with Crippen LogP contribution in [-0.4, -0.2) is 15.9 Å². The van der Waals surface area contributed by atoms with Gasteiger partial charge in [-0.15, -0.1) is 0 Å². The second kappa shape index (κ2) is 4.59. The highest BCUT2D eigenvalue weighted by atomic mass is 16.1. The number of hydrogen-bond acceptors (Lipinski definition) is 2. The molecule has 1 aromatic heterocycles. The molecule has 0 radical (unpaired) electrons. The predicted molar refractivity (Wildman–Crippen MR) is 81.2 cm³/mol. The van der Waals surface area contributed by atoms with Crippen molar-refractivity contribution >= 4 is 11.7 Å². The molecule has 2 N–H and O–H groups in total. The first kappa shape index (κ1) is 11.9. The Labute approximate surface area is 121 Å². The Morgan fingerprint density at radius 1 is 1.10 bits per heavy atom. The fraction of sp³-hybridized carbons (Fsp3) is 0.0588. The molecule has 0 fully saturated rings. The van der Waals surface area contributed by atoms with Gasteiger partial charge >= 0.3 is 0 Å². The van der Waals surface area contributed by atoms with Gasteiger partial charge < -0.3 is 10.3 Å². The van der Waals surface area contributed by atoms with E-state index in [1.807, 2.05) is 24.3 Å². The average Bonchev–Trinajstić information content (AvgIpc) is 3.13. The predicted octanol–water partition coefficient (Wildman–Crippen LogP) is 3.23. The van der Waals surface area contributed by atoms with Crippen LogP contribution in [-0.2, 0) is 6.42 Å². The van der Waals surface area contributed by atoms with E-state index in [0.717, 1.165) is 17.5 Å². The van der Waals surface area contributed by atoms with E-state index in [-0.39, 0.29) is 5.91 Å². The smallest absolute Gasteiger partial charge is 0.257 e. The lowest BCUT2D eigenvalue weighted by Crippen LogP contribution is -2.13. The lowest BCUT2D eigenvalue weighted by Gasteiger charge is -2.09. The molecule has 3 aromatic rings. The van der Waals surface area contributed by atoms with Gasteiger partial charge in [-0.3, -0.25) is 4.79 Å².